The summed E-state index contributed by atoms with van der Waals surface area (Å²) in [5.74, 6) is 0. The minimum atomic E-state index is 0.579. The first-order valence-electron chi connectivity index (χ1n) is 7.63. The van der Waals surface area contributed by atoms with Crippen LogP contribution in [0, 0.1) is 6.92 Å². The molecule has 1 aromatic rings. The molecule has 0 N–H and O–H groups in total. The van der Waals surface area contributed by atoms with E-state index in [1.807, 2.05) is 0 Å². The van der Waals surface area contributed by atoms with Crippen molar-refractivity contribution in [3.63, 3.8) is 0 Å². The summed E-state index contributed by atoms with van der Waals surface area (Å²) in [7, 11) is 0. The molecule has 0 spiro atoms. The average Bonchev–Trinajstić information content (AvgIpc) is 2.46. The van der Waals surface area contributed by atoms with Gasteiger partial charge in [0, 0.05) is 0 Å². The fourth-order valence-corrected chi connectivity index (χ4v) is 5.94. The molecule has 2 heterocycles. The third-order valence-electron chi connectivity index (χ3n) is 4.60. The van der Waals surface area contributed by atoms with Gasteiger partial charge in [-0.15, -0.1) is 0 Å². The second-order valence-corrected chi connectivity index (χ2v) is 8.19. The first-order chi connectivity index (χ1) is 9.34. The quantitative estimate of drug-likeness (QED) is 0.774. The van der Waals surface area contributed by atoms with Gasteiger partial charge < -0.3 is 0 Å². The van der Waals surface area contributed by atoms with E-state index in [4.69, 9.17) is 0 Å². The van der Waals surface area contributed by atoms with Gasteiger partial charge in [-0.3, -0.25) is 0 Å². The van der Waals surface area contributed by atoms with E-state index in [9.17, 15) is 0 Å². The van der Waals surface area contributed by atoms with Gasteiger partial charge in [0.25, 0.3) is 0 Å². The van der Waals surface area contributed by atoms with Crippen LogP contribution in [-0.4, -0.2) is 38.0 Å². The summed E-state index contributed by atoms with van der Waals surface area (Å²) < 4.78 is 1.55. The molecule has 0 aromatic heterocycles. The summed E-state index contributed by atoms with van der Waals surface area (Å²) in [5.41, 5.74) is 0. The Hall–Kier alpha value is -0.301. The Morgan fingerprint density at radius 1 is 1.05 bits per heavy atom. The zero-order valence-electron chi connectivity index (χ0n) is 11.6. The van der Waals surface area contributed by atoms with Crippen molar-refractivity contribution in [3.05, 3.63) is 37.3 Å². The first-order valence-corrected chi connectivity index (χ1v) is 9.70. The standard InChI is InChI=1S/C17H24NSe/c1-14-7-5-8-15-9-6-10-16(18(14)15)13-19-17-11-3-2-4-12-17/h2-4,11-12,14-16H,1,5-10,13H2/t14-,15+,16+/m1/s1. The minimum absolute atomic E-state index is 0.579. The van der Waals surface area contributed by atoms with Crippen molar-refractivity contribution in [3.8, 4) is 0 Å². The molecule has 0 unspecified atom stereocenters. The monoisotopic (exact) mass is 322 g/mol. The van der Waals surface area contributed by atoms with Crippen LogP contribution < -0.4 is 4.46 Å². The van der Waals surface area contributed by atoms with Crippen molar-refractivity contribution >= 4 is 19.4 Å². The van der Waals surface area contributed by atoms with E-state index in [2.05, 4.69) is 42.2 Å². The zero-order chi connectivity index (χ0) is 13.1. The van der Waals surface area contributed by atoms with Crippen molar-refractivity contribution in [2.75, 3.05) is 0 Å². The van der Waals surface area contributed by atoms with Crippen molar-refractivity contribution in [1.82, 2.24) is 4.90 Å². The van der Waals surface area contributed by atoms with Crippen LogP contribution in [0.4, 0.5) is 0 Å². The van der Waals surface area contributed by atoms with E-state index < -0.39 is 0 Å². The molecule has 0 bridgehead atoms. The molecule has 19 heavy (non-hydrogen) atoms. The van der Waals surface area contributed by atoms with Crippen LogP contribution in [0.3, 0.4) is 0 Å². The Bertz CT molecular complexity index is 390. The van der Waals surface area contributed by atoms with Crippen LogP contribution in [0.2, 0.25) is 5.32 Å². The van der Waals surface area contributed by atoms with Gasteiger partial charge in [-0.2, -0.15) is 0 Å². The number of rotatable bonds is 3. The molecule has 3 atom stereocenters. The molecular weight excluding hydrogens is 297 g/mol. The first kappa shape index (κ1) is 13.7. The topological polar surface area (TPSA) is 3.24 Å². The van der Waals surface area contributed by atoms with Gasteiger partial charge in [-0.05, 0) is 0 Å². The maximum absolute atomic E-state index is 4.42. The van der Waals surface area contributed by atoms with Gasteiger partial charge in [-0.25, -0.2) is 0 Å². The average molecular weight is 321 g/mol. The van der Waals surface area contributed by atoms with Crippen LogP contribution in [0.15, 0.2) is 30.3 Å². The molecule has 2 aliphatic heterocycles. The second-order valence-electron chi connectivity index (χ2n) is 5.89. The fourth-order valence-electron chi connectivity index (χ4n) is 3.69. The number of nitrogens with zero attached hydrogens (tertiary/aromatic N) is 1. The van der Waals surface area contributed by atoms with Gasteiger partial charge >= 0.3 is 124 Å². The van der Waals surface area contributed by atoms with Gasteiger partial charge in [0.05, 0.1) is 0 Å². The van der Waals surface area contributed by atoms with Crippen molar-refractivity contribution in [1.29, 1.82) is 0 Å². The molecule has 3 rings (SSSR count). The van der Waals surface area contributed by atoms with Gasteiger partial charge in [0.2, 0.25) is 0 Å². The Morgan fingerprint density at radius 3 is 2.58 bits per heavy atom. The van der Waals surface area contributed by atoms with Crippen LogP contribution >= 0.6 is 0 Å². The van der Waals surface area contributed by atoms with Crippen LogP contribution in [-0.2, 0) is 0 Å². The number of hydrogen-bond donors (Lipinski definition) is 0. The number of fused-ring (bicyclic) bond motifs is 1. The summed E-state index contributed by atoms with van der Waals surface area (Å²) in [4.78, 5) is 2.79. The van der Waals surface area contributed by atoms with E-state index in [0.29, 0.717) is 21.0 Å². The molecule has 2 saturated heterocycles. The summed E-state index contributed by atoms with van der Waals surface area (Å²) in [6.45, 7) is 4.42. The molecule has 2 fully saturated rings. The normalized spacial score (nSPS) is 31.9. The third kappa shape index (κ3) is 3.24. The fraction of sp³-hybridized carbons (Fsp3) is 0.588. The molecule has 0 amide bonds. The Kier molecular flexibility index (Phi) is 4.63. The predicted octanol–water partition coefficient (Wildman–Crippen LogP) is 3.04. The number of piperidine rings is 2. The van der Waals surface area contributed by atoms with Crippen molar-refractivity contribution < 1.29 is 0 Å². The van der Waals surface area contributed by atoms with Crippen LogP contribution in [0.5, 0.6) is 0 Å². The molecule has 0 aliphatic carbocycles. The molecule has 2 aliphatic rings. The van der Waals surface area contributed by atoms with E-state index in [1.54, 1.807) is 4.46 Å². The second kappa shape index (κ2) is 6.43. The van der Waals surface area contributed by atoms with Crippen LogP contribution in [0.1, 0.15) is 38.5 Å². The van der Waals surface area contributed by atoms with Gasteiger partial charge in [0.15, 0.2) is 0 Å². The van der Waals surface area contributed by atoms with E-state index in [0.717, 1.165) is 12.1 Å². The Labute approximate surface area is 123 Å². The van der Waals surface area contributed by atoms with Crippen molar-refractivity contribution in [2.24, 2.45) is 0 Å². The molecule has 1 aromatic carbocycles. The Morgan fingerprint density at radius 2 is 1.79 bits per heavy atom. The van der Waals surface area contributed by atoms with E-state index in [1.165, 1.54) is 43.8 Å². The molecule has 1 nitrogen and oxygen atoms in total. The van der Waals surface area contributed by atoms with Gasteiger partial charge in [0.1, 0.15) is 0 Å². The van der Waals surface area contributed by atoms with Crippen molar-refractivity contribution in [2.45, 2.75) is 62.0 Å². The predicted molar refractivity (Wildman–Crippen MR) is 82.9 cm³/mol. The summed E-state index contributed by atoms with van der Waals surface area (Å²) in [5, 5.41) is 1.37. The third-order valence-corrected chi connectivity index (χ3v) is 7.03. The van der Waals surface area contributed by atoms with Gasteiger partial charge in [-0.1, -0.05) is 0 Å². The number of hydrogen-bond acceptors (Lipinski definition) is 1. The number of benzene rings is 1. The summed E-state index contributed by atoms with van der Waals surface area (Å²) in [6.07, 6.45) is 8.37. The maximum atomic E-state index is 4.42. The molecule has 1 radical (unpaired) electrons. The van der Waals surface area contributed by atoms with E-state index in [-0.39, 0.29) is 0 Å². The SMILES string of the molecule is [CH2][C@@H]1CCC[C@H]2CCC[C@@H](C[Se]c3ccccc3)N21. The summed E-state index contributed by atoms with van der Waals surface area (Å²) in [6, 6.07) is 13.3. The molecule has 103 valence electrons. The molecule has 0 saturated carbocycles. The molecule has 2 heteroatoms. The molecular formula is C17H24NSe. The van der Waals surface area contributed by atoms with Crippen LogP contribution in [0.25, 0.3) is 0 Å². The summed E-state index contributed by atoms with van der Waals surface area (Å²) >= 11 is 0.630. The Balaban J connectivity index is 1.62. The van der Waals surface area contributed by atoms with E-state index >= 15 is 0 Å². The zero-order valence-corrected chi connectivity index (χ0v) is 13.3.